The van der Waals surface area contributed by atoms with Gasteiger partial charge in [0.25, 0.3) is 0 Å². The van der Waals surface area contributed by atoms with Gasteiger partial charge in [-0.1, -0.05) is 29.0 Å². The lowest BCUT2D eigenvalue weighted by Crippen LogP contribution is -2.41. The fourth-order valence-corrected chi connectivity index (χ4v) is 3.38. The highest BCUT2D eigenvalue weighted by Gasteiger charge is 2.40. The molecule has 2 nitrogen and oxygen atoms in total. The predicted molar refractivity (Wildman–Crippen MR) is 54.8 cm³/mol. The van der Waals surface area contributed by atoms with Gasteiger partial charge in [0.05, 0.1) is 9.43 Å². The molecule has 4 unspecified atom stereocenters. The van der Waals surface area contributed by atoms with Crippen LogP contribution in [0, 0.1) is 5.92 Å². The van der Waals surface area contributed by atoms with Crippen molar-refractivity contribution in [3.05, 3.63) is 0 Å². The number of alkyl halides is 2. The minimum absolute atomic E-state index is 0.334. The molecule has 0 amide bonds. The summed E-state index contributed by atoms with van der Waals surface area (Å²) in [6, 6.07) is 0.507. The molecule has 1 aliphatic carbocycles. The van der Waals surface area contributed by atoms with Gasteiger partial charge in [-0.3, -0.25) is 5.43 Å². The summed E-state index contributed by atoms with van der Waals surface area (Å²) in [5, 5.41) is 0.334. The van der Waals surface area contributed by atoms with Crippen LogP contribution in [-0.4, -0.2) is 15.5 Å². The van der Waals surface area contributed by atoms with Gasteiger partial charge in [-0.2, -0.15) is 0 Å². The Kier molecular flexibility index (Phi) is 2.61. The van der Waals surface area contributed by atoms with Crippen LogP contribution in [0.25, 0.3) is 0 Å². The van der Waals surface area contributed by atoms with Crippen molar-refractivity contribution in [1.29, 1.82) is 0 Å². The first-order valence-electron chi connectivity index (χ1n) is 4.08. The van der Waals surface area contributed by atoms with E-state index < -0.39 is 0 Å². The van der Waals surface area contributed by atoms with E-state index in [1.54, 1.807) is 0 Å². The zero-order chi connectivity index (χ0) is 7.84. The fraction of sp³-hybridized carbons (Fsp3) is 1.00. The van der Waals surface area contributed by atoms with Crippen molar-refractivity contribution in [2.75, 3.05) is 0 Å². The normalized spacial score (nSPS) is 50.7. The van der Waals surface area contributed by atoms with Gasteiger partial charge in [0.2, 0.25) is 0 Å². The lowest BCUT2D eigenvalue weighted by molar-refractivity contribution is 0.337. The zero-order valence-electron chi connectivity index (χ0n) is 6.19. The Bertz CT molecular complexity index is 153. The number of rotatable bonds is 0. The Morgan fingerprint density at radius 2 is 2.09 bits per heavy atom. The van der Waals surface area contributed by atoms with Gasteiger partial charge >= 0.3 is 0 Å². The molecule has 4 atom stereocenters. The monoisotopic (exact) mass is 286 g/mol. The molecular weight excluding hydrogens is 274 g/mol. The number of hydrazine groups is 1. The molecule has 0 aromatic carbocycles. The molecule has 2 rings (SSSR count). The van der Waals surface area contributed by atoms with Crippen LogP contribution in [0.1, 0.15) is 19.3 Å². The molecule has 2 N–H and O–H groups in total. The molecule has 1 heterocycles. The van der Waals surface area contributed by atoms with E-state index in [2.05, 4.69) is 33.4 Å². The molecular formula is C7H12ClIN2. The lowest BCUT2D eigenvalue weighted by atomic mass is 9.86. The van der Waals surface area contributed by atoms with Crippen LogP contribution in [0.3, 0.4) is 0 Å². The molecule has 4 heteroatoms. The zero-order valence-corrected chi connectivity index (χ0v) is 9.10. The van der Waals surface area contributed by atoms with Gasteiger partial charge in [0, 0.05) is 12.0 Å². The van der Waals surface area contributed by atoms with Gasteiger partial charge in [-0.15, -0.1) is 11.6 Å². The van der Waals surface area contributed by atoms with Crippen LogP contribution in [0.2, 0.25) is 0 Å². The Hall–Kier alpha value is 0.940. The smallest absolute Gasteiger partial charge is 0.0771 e. The molecule has 11 heavy (non-hydrogen) atoms. The average molecular weight is 287 g/mol. The van der Waals surface area contributed by atoms with Gasteiger partial charge in [-0.05, 0) is 12.8 Å². The summed E-state index contributed by atoms with van der Waals surface area (Å²) in [6.45, 7) is 0. The SMILES string of the molecule is ClC1CCCC2C(I)NNC12. The highest BCUT2D eigenvalue weighted by molar-refractivity contribution is 14.1. The van der Waals surface area contributed by atoms with Crippen molar-refractivity contribution in [3.63, 3.8) is 0 Å². The second kappa shape index (κ2) is 3.36. The summed E-state index contributed by atoms with van der Waals surface area (Å²) in [7, 11) is 0. The quantitative estimate of drug-likeness (QED) is 0.402. The molecule has 64 valence electrons. The number of nitrogens with one attached hydrogen (secondary N) is 2. The first-order chi connectivity index (χ1) is 5.29. The molecule has 0 radical (unpaired) electrons. The van der Waals surface area contributed by atoms with Crippen molar-refractivity contribution in [2.24, 2.45) is 5.92 Å². The van der Waals surface area contributed by atoms with E-state index in [0.717, 1.165) is 5.92 Å². The van der Waals surface area contributed by atoms with E-state index >= 15 is 0 Å². The first-order valence-corrected chi connectivity index (χ1v) is 5.76. The van der Waals surface area contributed by atoms with E-state index in [0.29, 0.717) is 15.5 Å². The molecule has 1 saturated carbocycles. The minimum atomic E-state index is 0.334. The number of halogens is 2. The molecule has 2 fully saturated rings. The third-order valence-corrected chi connectivity index (χ3v) is 4.36. The highest BCUT2D eigenvalue weighted by Crippen LogP contribution is 2.35. The third-order valence-electron chi connectivity index (χ3n) is 2.63. The molecule has 0 spiro atoms. The van der Waals surface area contributed by atoms with Crippen LogP contribution in [0.15, 0.2) is 0 Å². The Morgan fingerprint density at radius 3 is 2.82 bits per heavy atom. The van der Waals surface area contributed by atoms with Crippen molar-refractivity contribution >= 4 is 34.2 Å². The minimum Gasteiger partial charge on any atom is -0.252 e. The molecule has 0 aromatic heterocycles. The van der Waals surface area contributed by atoms with Crippen LogP contribution >= 0.6 is 34.2 Å². The van der Waals surface area contributed by atoms with E-state index in [1.807, 2.05) is 0 Å². The summed E-state index contributed by atoms with van der Waals surface area (Å²) >= 11 is 8.62. The predicted octanol–water partition coefficient (Wildman–Crippen LogP) is 1.63. The van der Waals surface area contributed by atoms with Crippen LogP contribution in [0.4, 0.5) is 0 Å². The second-order valence-corrected chi connectivity index (χ2v) is 5.23. The molecule has 1 aliphatic heterocycles. The lowest BCUT2D eigenvalue weighted by Gasteiger charge is -2.29. The number of hydrogen-bond acceptors (Lipinski definition) is 2. The summed E-state index contributed by atoms with van der Waals surface area (Å²) in [6.07, 6.45) is 3.78. The first kappa shape index (κ1) is 8.53. The number of hydrogen-bond donors (Lipinski definition) is 2. The molecule has 1 saturated heterocycles. The van der Waals surface area contributed by atoms with Crippen LogP contribution in [-0.2, 0) is 0 Å². The van der Waals surface area contributed by atoms with Crippen molar-refractivity contribution in [3.8, 4) is 0 Å². The topological polar surface area (TPSA) is 24.1 Å². The molecule has 2 aliphatic rings. The van der Waals surface area contributed by atoms with Crippen LogP contribution < -0.4 is 10.9 Å². The Balaban J connectivity index is 2.07. The summed E-state index contributed by atoms with van der Waals surface area (Å²) in [5.41, 5.74) is 6.51. The van der Waals surface area contributed by atoms with E-state index in [-0.39, 0.29) is 0 Å². The van der Waals surface area contributed by atoms with E-state index in [1.165, 1.54) is 19.3 Å². The van der Waals surface area contributed by atoms with E-state index in [4.69, 9.17) is 11.6 Å². The summed E-state index contributed by atoms with van der Waals surface area (Å²) < 4.78 is 0.569. The Morgan fingerprint density at radius 1 is 1.27 bits per heavy atom. The standard InChI is InChI=1S/C7H12ClIN2/c8-5-3-1-2-4-6(5)10-11-7(4)9/h4-7,10-11H,1-3H2. The Labute approximate surface area is 85.6 Å². The maximum atomic E-state index is 6.18. The van der Waals surface area contributed by atoms with Crippen molar-refractivity contribution < 1.29 is 0 Å². The van der Waals surface area contributed by atoms with Gasteiger partial charge < -0.3 is 0 Å². The van der Waals surface area contributed by atoms with Gasteiger partial charge in [0.15, 0.2) is 0 Å². The largest absolute Gasteiger partial charge is 0.252 e. The molecule has 0 aromatic rings. The van der Waals surface area contributed by atoms with Gasteiger partial charge in [0.1, 0.15) is 0 Å². The third kappa shape index (κ3) is 1.53. The van der Waals surface area contributed by atoms with Crippen LogP contribution in [0.5, 0.6) is 0 Å². The maximum Gasteiger partial charge on any atom is 0.0771 e. The maximum absolute atomic E-state index is 6.18. The van der Waals surface area contributed by atoms with Crippen molar-refractivity contribution in [1.82, 2.24) is 10.9 Å². The fourth-order valence-electron chi connectivity index (χ4n) is 1.98. The summed E-state index contributed by atoms with van der Waals surface area (Å²) in [5.74, 6) is 0.742. The van der Waals surface area contributed by atoms with Crippen molar-refractivity contribution in [2.45, 2.75) is 34.7 Å². The molecule has 0 bridgehead atoms. The second-order valence-electron chi connectivity index (χ2n) is 3.33. The van der Waals surface area contributed by atoms with Gasteiger partial charge in [-0.25, -0.2) is 5.43 Å². The average Bonchev–Trinajstić information content (AvgIpc) is 2.35. The van der Waals surface area contributed by atoms with E-state index in [9.17, 15) is 0 Å². The summed E-state index contributed by atoms with van der Waals surface area (Å²) in [4.78, 5) is 0. The highest BCUT2D eigenvalue weighted by atomic mass is 127. The number of fused-ring (bicyclic) bond motifs is 1.